The van der Waals surface area contributed by atoms with Gasteiger partial charge in [-0.05, 0) is 55.0 Å². The highest BCUT2D eigenvalue weighted by atomic mass is 19.1. The molecule has 0 atom stereocenters. The van der Waals surface area contributed by atoms with Gasteiger partial charge in [0.1, 0.15) is 5.82 Å². The number of rotatable bonds is 2. The van der Waals surface area contributed by atoms with Gasteiger partial charge in [-0.25, -0.2) is 4.39 Å². The van der Waals surface area contributed by atoms with E-state index in [4.69, 9.17) is 0 Å². The molecule has 0 fully saturated rings. The van der Waals surface area contributed by atoms with E-state index in [-0.39, 0.29) is 23.1 Å². The summed E-state index contributed by atoms with van der Waals surface area (Å²) in [6, 6.07) is 11.4. The Morgan fingerprint density at radius 1 is 1.10 bits per heavy atom. The molecule has 102 valence electrons. The minimum absolute atomic E-state index is 0.0591. The third-order valence-corrected chi connectivity index (χ3v) is 4.10. The average molecular weight is 268 g/mol. The summed E-state index contributed by atoms with van der Waals surface area (Å²) in [5.74, 6) is -0.567. The monoisotopic (exact) mass is 268 g/mol. The van der Waals surface area contributed by atoms with E-state index >= 15 is 0 Å². The van der Waals surface area contributed by atoms with Gasteiger partial charge in [0.15, 0.2) is 5.78 Å². The maximum Gasteiger partial charge on any atom is 0.169 e. The summed E-state index contributed by atoms with van der Waals surface area (Å²) in [7, 11) is 0. The lowest BCUT2D eigenvalue weighted by Crippen LogP contribution is -2.18. The van der Waals surface area contributed by atoms with Crippen LogP contribution in [0.5, 0.6) is 0 Å². The van der Waals surface area contributed by atoms with Crippen LogP contribution in [0, 0.1) is 25.6 Å². The van der Waals surface area contributed by atoms with Crippen LogP contribution in [0.15, 0.2) is 36.4 Å². The van der Waals surface area contributed by atoms with Gasteiger partial charge in [0, 0.05) is 5.92 Å². The molecule has 0 unspecified atom stereocenters. The van der Waals surface area contributed by atoms with Crippen molar-refractivity contribution in [2.45, 2.75) is 26.7 Å². The molecule has 0 bridgehead atoms. The van der Waals surface area contributed by atoms with Gasteiger partial charge in [0.2, 0.25) is 0 Å². The molecule has 0 spiro atoms. The SMILES string of the molecule is Cc1cc(C)c(C(=O)C2Cc3ccccc3C2)c(F)c1. The Bertz CT molecular complexity index is 640. The number of carbonyl (C=O) groups is 1. The third kappa shape index (κ3) is 2.15. The van der Waals surface area contributed by atoms with Crippen LogP contribution in [0.1, 0.15) is 32.6 Å². The lowest BCUT2D eigenvalue weighted by molar-refractivity contribution is 0.0920. The van der Waals surface area contributed by atoms with Crippen LogP contribution in [-0.4, -0.2) is 5.78 Å². The van der Waals surface area contributed by atoms with Crippen molar-refractivity contribution in [1.29, 1.82) is 0 Å². The van der Waals surface area contributed by atoms with E-state index in [2.05, 4.69) is 12.1 Å². The van der Waals surface area contributed by atoms with Gasteiger partial charge in [-0.2, -0.15) is 0 Å². The number of benzene rings is 2. The highest BCUT2D eigenvalue weighted by Crippen LogP contribution is 2.30. The fourth-order valence-electron chi connectivity index (χ4n) is 3.18. The summed E-state index contributed by atoms with van der Waals surface area (Å²) in [5.41, 5.74) is 4.30. The van der Waals surface area contributed by atoms with Crippen LogP contribution >= 0.6 is 0 Å². The first-order chi connectivity index (χ1) is 9.56. The molecule has 0 aliphatic heterocycles. The maximum atomic E-state index is 14.1. The molecule has 0 saturated heterocycles. The van der Waals surface area contributed by atoms with Crippen molar-refractivity contribution < 1.29 is 9.18 Å². The van der Waals surface area contributed by atoms with Gasteiger partial charge in [-0.1, -0.05) is 30.3 Å². The Morgan fingerprint density at radius 3 is 2.25 bits per heavy atom. The second-order valence-corrected chi connectivity index (χ2v) is 5.68. The van der Waals surface area contributed by atoms with Crippen molar-refractivity contribution in [2.24, 2.45) is 5.92 Å². The van der Waals surface area contributed by atoms with Crippen molar-refractivity contribution >= 4 is 5.78 Å². The fraction of sp³-hybridized carbons (Fsp3) is 0.278. The molecule has 2 aromatic carbocycles. The molecule has 1 nitrogen and oxygen atoms in total. The summed E-state index contributed by atoms with van der Waals surface area (Å²) < 4.78 is 14.1. The normalized spacial score (nSPS) is 14.3. The first-order valence-corrected chi connectivity index (χ1v) is 6.94. The Balaban J connectivity index is 1.93. The molecule has 20 heavy (non-hydrogen) atoms. The van der Waals surface area contributed by atoms with E-state index in [1.807, 2.05) is 32.0 Å². The molecule has 2 heteroatoms. The summed E-state index contributed by atoms with van der Waals surface area (Å²) in [5, 5.41) is 0. The van der Waals surface area contributed by atoms with Crippen molar-refractivity contribution in [3.63, 3.8) is 0 Å². The number of aryl methyl sites for hydroxylation is 2. The Hall–Kier alpha value is -1.96. The largest absolute Gasteiger partial charge is 0.294 e. The van der Waals surface area contributed by atoms with Gasteiger partial charge in [0.25, 0.3) is 0 Å². The second kappa shape index (κ2) is 4.86. The van der Waals surface area contributed by atoms with Gasteiger partial charge in [-0.15, -0.1) is 0 Å². The van der Waals surface area contributed by atoms with Gasteiger partial charge in [-0.3, -0.25) is 4.79 Å². The Labute approximate surface area is 118 Å². The molecule has 0 aromatic heterocycles. The zero-order chi connectivity index (χ0) is 14.3. The molecule has 0 saturated carbocycles. The van der Waals surface area contributed by atoms with Crippen molar-refractivity contribution in [1.82, 2.24) is 0 Å². The molecule has 0 amide bonds. The van der Waals surface area contributed by atoms with E-state index in [9.17, 15) is 9.18 Å². The summed E-state index contributed by atoms with van der Waals surface area (Å²) in [4.78, 5) is 12.6. The molecular formula is C18H17FO. The van der Waals surface area contributed by atoms with E-state index in [1.54, 1.807) is 0 Å². The molecule has 0 radical (unpaired) electrons. The number of Topliss-reactive ketones (excluding diaryl/α,β-unsaturated/α-hetero) is 1. The second-order valence-electron chi connectivity index (χ2n) is 5.68. The zero-order valence-electron chi connectivity index (χ0n) is 11.7. The van der Waals surface area contributed by atoms with Gasteiger partial charge in [0.05, 0.1) is 5.56 Å². The molecule has 0 heterocycles. The Morgan fingerprint density at radius 2 is 1.70 bits per heavy atom. The third-order valence-electron chi connectivity index (χ3n) is 4.10. The number of hydrogen-bond acceptors (Lipinski definition) is 1. The first kappa shape index (κ1) is 13.0. The van der Waals surface area contributed by atoms with Crippen molar-refractivity contribution in [3.05, 3.63) is 70.0 Å². The van der Waals surface area contributed by atoms with E-state index in [1.165, 1.54) is 17.2 Å². The van der Waals surface area contributed by atoms with Crippen molar-refractivity contribution in [3.8, 4) is 0 Å². The van der Waals surface area contributed by atoms with Crippen LogP contribution in [0.4, 0.5) is 4.39 Å². The van der Waals surface area contributed by atoms with Gasteiger partial charge >= 0.3 is 0 Å². The maximum absolute atomic E-state index is 14.1. The van der Waals surface area contributed by atoms with Crippen LogP contribution < -0.4 is 0 Å². The average Bonchev–Trinajstić information content (AvgIpc) is 2.81. The number of ketones is 1. The molecule has 0 N–H and O–H groups in total. The number of hydrogen-bond donors (Lipinski definition) is 0. The smallest absolute Gasteiger partial charge is 0.169 e. The highest BCUT2D eigenvalue weighted by Gasteiger charge is 2.30. The lowest BCUT2D eigenvalue weighted by atomic mass is 9.91. The molecule has 1 aliphatic rings. The molecular weight excluding hydrogens is 251 g/mol. The summed E-state index contributed by atoms with van der Waals surface area (Å²) >= 11 is 0. The lowest BCUT2D eigenvalue weighted by Gasteiger charge is -2.12. The standard InChI is InChI=1S/C18H17FO/c1-11-7-12(2)17(16(19)8-11)18(20)15-9-13-5-3-4-6-14(13)10-15/h3-8,15H,9-10H2,1-2H3. The highest BCUT2D eigenvalue weighted by molar-refractivity contribution is 6.00. The number of carbonyl (C=O) groups excluding carboxylic acids is 1. The van der Waals surface area contributed by atoms with Crippen LogP contribution in [0.3, 0.4) is 0 Å². The number of halogens is 1. The van der Waals surface area contributed by atoms with E-state index in [0.29, 0.717) is 0 Å². The minimum Gasteiger partial charge on any atom is -0.294 e. The van der Waals surface area contributed by atoms with Crippen LogP contribution in [0.25, 0.3) is 0 Å². The molecule has 2 aromatic rings. The topological polar surface area (TPSA) is 17.1 Å². The molecule has 1 aliphatic carbocycles. The predicted octanol–water partition coefficient (Wildman–Crippen LogP) is 4.04. The first-order valence-electron chi connectivity index (χ1n) is 6.94. The van der Waals surface area contributed by atoms with Gasteiger partial charge < -0.3 is 0 Å². The minimum atomic E-state index is -0.386. The number of fused-ring (bicyclic) bond motifs is 1. The van der Waals surface area contributed by atoms with Crippen LogP contribution in [0.2, 0.25) is 0 Å². The Kier molecular flexibility index (Phi) is 3.17. The van der Waals surface area contributed by atoms with Crippen molar-refractivity contribution in [2.75, 3.05) is 0 Å². The fourth-order valence-corrected chi connectivity index (χ4v) is 3.18. The predicted molar refractivity (Wildman–Crippen MR) is 77.5 cm³/mol. The zero-order valence-corrected chi connectivity index (χ0v) is 11.7. The van der Waals surface area contributed by atoms with Crippen LogP contribution in [-0.2, 0) is 12.8 Å². The summed E-state index contributed by atoms with van der Waals surface area (Å²) in [6.07, 6.45) is 1.45. The van der Waals surface area contributed by atoms with E-state index < -0.39 is 0 Å². The molecule has 3 rings (SSSR count). The quantitative estimate of drug-likeness (QED) is 0.751. The van der Waals surface area contributed by atoms with E-state index in [0.717, 1.165) is 24.0 Å². The summed E-state index contributed by atoms with van der Waals surface area (Å²) in [6.45, 7) is 3.65.